The number of esters is 1. The number of hydrogen-bond donors (Lipinski definition) is 1. The average molecular weight is 440 g/mol. The molecule has 0 spiro atoms. The van der Waals surface area contributed by atoms with Gasteiger partial charge in [0, 0.05) is 18.3 Å². The topological polar surface area (TPSA) is 112 Å². The van der Waals surface area contributed by atoms with E-state index in [0.29, 0.717) is 42.8 Å². The van der Waals surface area contributed by atoms with E-state index in [4.69, 9.17) is 10.5 Å². The molecule has 9 heteroatoms. The van der Waals surface area contributed by atoms with Gasteiger partial charge in [-0.3, -0.25) is 19.0 Å². The van der Waals surface area contributed by atoms with E-state index in [1.807, 2.05) is 26.0 Å². The van der Waals surface area contributed by atoms with Crippen LogP contribution in [0.25, 0.3) is 5.52 Å². The molecular weight excluding hydrogens is 410 g/mol. The number of amides is 1. The molecule has 2 N–H and O–H groups in total. The summed E-state index contributed by atoms with van der Waals surface area (Å²) in [4.78, 5) is 40.4. The Morgan fingerprint density at radius 2 is 1.94 bits per heavy atom. The van der Waals surface area contributed by atoms with Gasteiger partial charge in [-0.2, -0.15) is 5.10 Å². The zero-order valence-corrected chi connectivity index (χ0v) is 18.7. The third-order valence-corrected chi connectivity index (χ3v) is 5.42. The van der Waals surface area contributed by atoms with Crippen molar-refractivity contribution in [3.05, 3.63) is 69.9 Å². The summed E-state index contributed by atoms with van der Waals surface area (Å²) in [5, 5.41) is 4.62. The lowest BCUT2D eigenvalue weighted by Crippen LogP contribution is -2.41. The van der Waals surface area contributed by atoms with Gasteiger partial charge in [0.15, 0.2) is 5.82 Å². The first-order chi connectivity index (χ1) is 15.4. The first kappa shape index (κ1) is 23.2. The molecule has 170 valence electrons. The lowest BCUT2D eigenvalue weighted by atomic mass is 10.1. The van der Waals surface area contributed by atoms with Crippen LogP contribution in [0.4, 0.5) is 0 Å². The van der Waals surface area contributed by atoms with Crippen molar-refractivity contribution in [3.8, 4) is 0 Å². The van der Waals surface area contributed by atoms with Crippen molar-refractivity contribution >= 4 is 17.4 Å². The fourth-order valence-corrected chi connectivity index (χ4v) is 3.69. The molecule has 0 bridgehead atoms. The second kappa shape index (κ2) is 10.2. The first-order valence-electron chi connectivity index (χ1n) is 10.6. The molecule has 1 amide bonds. The van der Waals surface area contributed by atoms with Crippen molar-refractivity contribution in [2.24, 2.45) is 5.73 Å². The summed E-state index contributed by atoms with van der Waals surface area (Å²) in [6, 6.07) is 10.1. The fourth-order valence-electron chi connectivity index (χ4n) is 3.69. The molecule has 0 aliphatic rings. The highest BCUT2D eigenvalue weighted by Gasteiger charge is 2.30. The summed E-state index contributed by atoms with van der Waals surface area (Å²) < 4.78 is 7.57. The number of fused-ring (bicyclic) bond motifs is 1. The Hall–Kier alpha value is -3.46. The number of methoxy groups -OCH3 is 1. The number of ether oxygens (including phenoxy) is 1. The maximum atomic E-state index is 13.5. The molecule has 32 heavy (non-hydrogen) atoms. The molecule has 0 saturated heterocycles. The maximum Gasteiger partial charge on any atom is 0.325 e. The molecular formula is C23H29N5O4. The first-order valence-corrected chi connectivity index (χ1v) is 10.6. The molecule has 9 nitrogen and oxygen atoms in total. The molecule has 3 rings (SSSR count). The van der Waals surface area contributed by atoms with E-state index < -0.39 is 12.0 Å². The SMILES string of the molecule is CCC(c1nn2cccc2c(=O)n1CC(=O)OC)N(CCCN)C(=O)c1ccc(C)cc1. The summed E-state index contributed by atoms with van der Waals surface area (Å²) in [5.41, 5.74) is 7.30. The monoisotopic (exact) mass is 439 g/mol. The molecule has 1 atom stereocenters. The van der Waals surface area contributed by atoms with E-state index in [-0.39, 0.29) is 18.0 Å². The average Bonchev–Trinajstić information content (AvgIpc) is 3.27. The largest absolute Gasteiger partial charge is 0.468 e. The van der Waals surface area contributed by atoms with E-state index >= 15 is 0 Å². The summed E-state index contributed by atoms with van der Waals surface area (Å²) in [5.74, 6) is -0.430. The van der Waals surface area contributed by atoms with Crippen molar-refractivity contribution in [2.75, 3.05) is 20.2 Å². The Morgan fingerprint density at radius 3 is 2.56 bits per heavy atom. The zero-order chi connectivity index (χ0) is 23.3. The number of carbonyl (C=O) groups excluding carboxylic acids is 2. The molecule has 3 aromatic rings. The minimum atomic E-state index is -0.570. The third-order valence-electron chi connectivity index (χ3n) is 5.42. The lowest BCUT2D eigenvalue weighted by molar-refractivity contribution is -0.141. The third kappa shape index (κ3) is 4.72. The van der Waals surface area contributed by atoms with Crippen molar-refractivity contribution in [1.29, 1.82) is 0 Å². The minimum Gasteiger partial charge on any atom is -0.468 e. The predicted molar refractivity (Wildman–Crippen MR) is 120 cm³/mol. The van der Waals surface area contributed by atoms with Crippen molar-refractivity contribution < 1.29 is 14.3 Å². The Labute approximate surface area is 186 Å². The number of benzene rings is 1. The van der Waals surface area contributed by atoms with E-state index in [1.54, 1.807) is 35.4 Å². The van der Waals surface area contributed by atoms with Gasteiger partial charge in [0.2, 0.25) is 0 Å². The van der Waals surface area contributed by atoms with Gasteiger partial charge < -0.3 is 15.4 Å². The summed E-state index contributed by atoms with van der Waals surface area (Å²) >= 11 is 0. The Balaban J connectivity index is 2.14. The number of aromatic nitrogens is 3. The van der Waals surface area contributed by atoms with Crippen molar-refractivity contribution in [3.63, 3.8) is 0 Å². The van der Waals surface area contributed by atoms with Crippen LogP contribution in [0, 0.1) is 6.92 Å². The van der Waals surface area contributed by atoms with Crippen LogP contribution < -0.4 is 11.3 Å². The summed E-state index contributed by atoms with van der Waals surface area (Å²) in [7, 11) is 1.27. The zero-order valence-electron chi connectivity index (χ0n) is 18.7. The normalized spacial score (nSPS) is 12.0. The molecule has 0 radical (unpaired) electrons. The van der Waals surface area contributed by atoms with Crippen LogP contribution in [0.1, 0.15) is 47.6 Å². The van der Waals surface area contributed by atoms with Crippen molar-refractivity contribution in [2.45, 2.75) is 39.3 Å². The molecule has 0 aliphatic heterocycles. The van der Waals surface area contributed by atoms with Crippen LogP contribution in [0.2, 0.25) is 0 Å². The quantitative estimate of drug-likeness (QED) is 0.510. The van der Waals surface area contributed by atoms with Crippen LogP contribution in [-0.4, -0.2) is 51.2 Å². The Morgan fingerprint density at radius 1 is 1.22 bits per heavy atom. The van der Waals surface area contributed by atoms with Gasteiger partial charge >= 0.3 is 5.97 Å². The molecule has 0 saturated carbocycles. The Kier molecular flexibility index (Phi) is 7.42. The van der Waals surface area contributed by atoms with Gasteiger partial charge in [0.25, 0.3) is 11.5 Å². The van der Waals surface area contributed by atoms with Crippen LogP contribution in [0.3, 0.4) is 0 Å². The number of nitrogens with zero attached hydrogens (tertiary/aromatic N) is 4. The van der Waals surface area contributed by atoms with Gasteiger partial charge in [0.05, 0.1) is 13.2 Å². The van der Waals surface area contributed by atoms with Crippen LogP contribution in [-0.2, 0) is 16.1 Å². The highest BCUT2D eigenvalue weighted by molar-refractivity contribution is 5.94. The second-order valence-electron chi connectivity index (χ2n) is 7.59. The number of aryl methyl sites for hydroxylation is 1. The van der Waals surface area contributed by atoms with Gasteiger partial charge in [-0.1, -0.05) is 24.6 Å². The molecule has 1 unspecified atom stereocenters. The van der Waals surface area contributed by atoms with Crippen LogP contribution in [0.5, 0.6) is 0 Å². The molecule has 0 fully saturated rings. The van der Waals surface area contributed by atoms with Gasteiger partial charge in [-0.25, -0.2) is 4.52 Å². The number of rotatable bonds is 9. The lowest BCUT2D eigenvalue weighted by Gasteiger charge is -2.32. The number of nitrogens with two attached hydrogens (primary N) is 1. The van der Waals surface area contributed by atoms with Crippen LogP contribution in [0.15, 0.2) is 47.4 Å². The predicted octanol–water partition coefficient (Wildman–Crippen LogP) is 1.92. The molecule has 2 heterocycles. The smallest absolute Gasteiger partial charge is 0.325 e. The standard InChI is InChI=1S/C23H29N5O4/c1-4-18(26(13-6-12-24)22(30)17-10-8-16(2)9-11-17)21-25-28-14-5-7-19(28)23(31)27(21)15-20(29)32-3/h5,7-11,14,18H,4,6,12-13,15,24H2,1-3H3. The number of carbonyl (C=O) groups is 2. The van der Waals surface area contributed by atoms with E-state index in [2.05, 4.69) is 5.10 Å². The summed E-state index contributed by atoms with van der Waals surface area (Å²) in [6.45, 7) is 4.38. The highest BCUT2D eigenvalue weighted by Crippen LogP contribution is 2.25. The minimum absolute atomic E-state index is 0.184. The second-order valence-corrected chi connectivity index (χ2v) is 7.59. The Bertz CT molecular complexity index is 1150. The van der Waals surface area contributed by atoms with E-state index in [1.165, 1.54) is 16.2 Å². The van der Waals surface area contributed by atoms with Gasteiger partial charge in [-0.15, -0.1) is 0 Å². The molecule has 1 aromatic carbocycles. The van der Waals surface area contributed by atoms with E-state index in [0.717, 1.165) is 5.56 Å². The summed E-state index contributed by atoms with van der Waals surface area (Å²) in [6.07, 6.45) is 2.74. The highest BCUT2D eigenvalue weighted by atomic mass is 16.5. The van der Waals surface area contributed by atoms with E-state index in [9.17, 15) is 14.4 Å². The van der Waals surface area contributed by atoms with Gasteiger partial charge in [-0.05, 0) is 50.6 Å². The molecule has 0 aliphatic carbocycles. The van der Waals surface area contributed by atoms with Gasteiger partial charge in [0.1, 0.15) is 12.1 Å². The fraction of sp³-hybridized carbons (Fsp3) is 0.391. The molecule has 2 aromatic heterocycles. The maximum absolute atomic E-state index is 13.5. The number of hydrogen-bond acceptors (Lipinski definition) is 6. The van der Waals surface area contributed by atoms with Crippen molar-refractivity contribution in [1.82, 2.24) is 19.1 Å². The van der Waals surface area contributed by atoms with Crippen LogP contribution >= 0.6 is 0 Å².